The molecule has 0 atom stereocenters. The number of hydrogen-bond acceptors (Lipinski definition) is 2. The molecule has 0 aliphatic carbocycles. The summed E-state index contributed by atoms with van der Waals surface area (Å²) in [5, 5.41) is 0. The Morgan fingerprint density at radius 2 is 0.917 bits per heavy atom. The molecule has 114 valence electrons. The van der Waals surface area contributed by atoms with Gasteiger partial charge in [0.2, 0.25) is 0 Å². The molecular weight excluding hydrogens is 296 g/mol. The summed E-state index contributed by atoms with van der Waals surface area (Å²) >= 11 is 0. The van der Waals surface area contributed by atoms with Gasteiger partial charge in [-0.1, -0.05) is 24.3 Å². The molecule has 24 heavy (non-hydrogen) atoms. The zero-order valence-corrected chi connectivity index (χ0v) is 12.9. The fourth-order valence-electron chi connectivity index (χ4n) is 3.10. The van der Waals surface area contributed by atoms with Gasteiger partial charge in [-0.25, -0.2) is 9.97 Å². The molecule has 2 heterocycles. The van der Waals surface area contributed by atoms with Crippen molar-refractivity contribution in [2.24, 2.45) is 0 Å². The van der Waals surface area contributed by atoms with E-state index in [4.69, 9.17) is 0 Å². The lowest BCUT2D eigenvalue weighted by atomic mass is 10.2. The third kappa shape index (κ3) is 1.93. The van der Waals surface area contributed by atoms with Gasteiger partial charge in [0.15, 0.2) is 0 Å². The van der Waals surface area contributed by atoms with Crippen LogP contribution in [-0.4, -0.2) is 19.1 Å². The summed E-state index contributed by atoms with van der Waals surface area (Å²) in [6, 6.07) is 24.7. The molecule has 0 unspecified atom stereocenters. The highest BCUT2D eigenvalue weighted by molar-refractivity contribution is 5.78. The van der Waals surface area contributed by atoms with Crippen molar-refractivity contribution in [3.8, 4) is 11.4 Å². The maximum absolute atomic E-state index is 4.46. The van der Waals surface area contributed by atoms with Gasteiger partial charge in [0.25, 0.3) is 0 Å². The molecule has 0 saturated carbocycles. The average Bonchev–Trinajstić information content (AvgIpc) is 3.26. The van der Waals surface area contributed by atoms with Crippen LogP contribution in [0.1, 0.15) is 0 Å². The standard InChI is InChI=1S/C20H14N4/c1-3-7-19-17(5-1)21-13-23(19)15-9-11-16(12-10-15)24-14-22-18-6-2-4-8-20(18)24/h1-14H. The van der Waals surface area contributed by atoms with E-state index in [1.165, 1.54) is 0 Å². The monoisotopic (exact) mass is 310 g/mol. The number of hydrogen-bond donors (Lipinski definition) is 0. The molecule has 3 aromatic carbocycles. The van der Waals surface area contributed by atoms with E-state index >= 15 is 0 Å². The van der Waals surface area contributed by atoms with Gasteiger partial charge in [0, 0.05) is 11.4 Å². The van der Waals surface area contributed by atoms with E-state index in [0.29, 0.717) is 0 Å². The van der Waals surface area contributed by atoms with Crippen molar-refractivity contribution in [3.63, 3.8) is 0 Å². The van der Waals surface area contributed by atoms with Crippen molar-refractivity contribution in [3.05, 3.63) is 85.5 Å². The summed E-state index contributed by atoms with van der Waals surface area (Å²) in [4.78, 5) is 8.91. The summed E-state index contributed by atoms with van der Waals surface area (Å²) in [5.74, 6) is 0. The first-order valence-corrected chi connectivity index (χ1v) is 7.85. The third-order valence-electron chi connectivity index (χ3n) is 4.31. The van der Waals surface area contributed by atoms with Gasteiger partial charge >= 0.3 is 0 Å². The Morgan fingerprint density at radius 3 is 1.38 bits per heavy atom. The van der Waals surface area contributed by atoms with Gasteiger partial charge in [0.05, 0.1) is 22.1 Å². The number of para-hydroxylation sites is 4. The largest absolute Gasteiger partial charge is 0.299 e. The molecular formula is C20H14N4. The van der Waals surface area contributed by atoms with E-state index < -0.39 is 0 Å². The van der Waals surface area contributed by atoms with Gasteiger partial charge in [-0.15, -0.1) is 0 Å². The van der Waals surface area contributed by atoms with Crippen LogP contribution in [0.15, 0.2) is 85.5 Å². The second-order valence-electron chi connectivity index (χ2n) is 5.72. The Balaban J connectivity index is 1.60. The Labute approximate surface area is 138 Å². The van der Waals surface area contributed by atoms with Crippen LogP contribution in [-0.2, 0) is 0 Å². The van der Waals surface area contributed by atoms with Crippen LogP contribution in [0, 0.1) is 0 Å². The normalized spacial score (nSPS) is 11.3. The van der Waals surface area contributed by atoms with E-state index in [9.17, 15) is 0 Å². The molecule has 0 saturated heterocycles. The first kappa shape index (κ1) is 13.1. The third-order valence-corrected chi connectivity index (χ3v) is 4.31. The van der Waals surface area contributed by atoms with E-state index in [1.54, 1.807) is 0 Å². The Morgan fingerprint density at radius 1 is 0.500 bits per heavy atom. The first-order valence-electron chi connectivity index (χ1n) is 7.85. The van der Waals surface area contributed by atoms with Crippen LogP contribution >= 0.6 is 0 Å². The van der Waals surface area contributed by atoms with Crippen LogP contribution in [0.4, 0.5) is 0 Å². The summed E-state index contributed by atoms with van der Waals surface area (Å²) in [6.07, 6.45) is 3.73. The molecule has 0 fully saturated rings. The van der Waals surface area contributed by atoms with Crippen molar-refractivity contribution in [1.29, 1.82) is 0 Å². The Hall–Kier alpha value is -3.40. The minimum atomic E-state index is 1.00. The molecule has 4 nitrogen and oxygen atoms in total. The van der Waals surface area contributed by atoms with Gasteiger partial charge in [-0.05, 0) is 48.5 Å². The summed E-state index contributed by atoms with van der Waals surface area (Å²) in [6.45, 7) is 0. The Bertz CT molecular complexity index is 1060. The molecule has 0 spiro atoms. The zero-order chi connectivity index (χ0) is 15.9. The van der Waals surface area contributed by atoms with E-state index in [0.717, 1.165) is 33.4 Å². The number of fused-ring (bicyclic) bond motifs is 2. The molecule has 0 aliphatic heterocycles. The quantitative estimate of drug-likeness (QED) is 0.485. The molecule has 4 heteroatoms. The van der Waals surface area contributed by atoms with Crippen molar-refractivity contribution >= 4 is 22.1 Å². The number of rotatable bonds is 2. The highest BCUT2D eigenvalue weighted by atomic mass is 15.1. The number of nitrogens with zero attached hydrogens (tertiary/aromatic N) is 4. The SMILES string of the molecule is c1ccc2c(c1)ncn2-c1ccc(-n2cnc3ccccc32)cc1. The fraction of sp³-hybridized carbons (Fsp3) is 0. The average molecular weight is 310 g/mol. The van der Waals surface area contributed by atoms with E-state index in [2.05, 4.69) is 55.5 Å². The summed E-state index contributed by atoms with van der Waals surface area (Å²) < 4.78 is 4.20. The number of benzene rings is 3. The van der Waals surface area contributed by atoms with Crippen molar-refractivity contribution in [2.45, 2.75) is 0 Å². The van der Waals surface area contributed by atoms with Gasteiger partial charge in [-0.3, -0.25) is 9.13 Å². The smallest absolute Gasteiger partial charge is 0.100 e. The van der Waals surface area contributed by atoms with Gasteiger partial charge in [-0.2, -0.15) is 0 Å². The first-order chi connectivity index (χ1) is 11.9. The second kappa shape index (κ2) is 5.06. The summed E-state index contributed by atoms with van der Waals surface area (Å²) in [5.41, 5.74) is 6.41. The predicted octanol–water partition coefficient (Wildman–Crippen LogP) is 4.36. The summed E-state index contributed by atoms with van der Waals surface area (Å²) in [7, 11) is 0. The van der Waals surface area contributed by atoms with Gasteiger partial charge < -0.3 is 0 Å². The van der Waals surface area contributed by atoms with Crippen LogP contribution in [0.3, 0.4) is 0 Å². The second-order valence-corrected chi connectivity index (χ2v) is 5.72. The van der Waals surface area contributed by atoms with Crippen LogP contribution in [0.2, 0.25) is 0 Å². The highest BCUT2D eigenvalue weighted by Crippen LogP contribution is 2.21. The molecule has 0 amide bonds. The lowest BCUT2D eigenvalue weighted by Crippen LogP contribution is -1.95. The highest BCUT2D eigenvalue weighted by Gasteiger charge is 2.06. The van der Waals surface area contributed by atoms with Crippen molar-refractivity contribution in [2.75, 3.05) is 0 Å². The minimum Gasteiger partial charge on any atom is -0.299 e. The molecule has 2 aromatic heterocycles. The van der Waals surface area contributed by atoms with Crippen LogP contribution < -0.4 is 0 Å². The maximum atomic E-state index is 4.46. The molecule has 5 rings (SSSR count). The van der Waals surface area contributed by atoms with E-state index in [-0.39, 0.29) is 0 Å². The topological polar surface area (TPSA) is 35.6 Å². The molecule has 0 bridgehead atoms. The van der Waals surface area contributed by atoms with Crippen LogP contribution in [0.25, 0.3) is 33.4 Å². The maximum Gasteiger partial charge on any atom is 0.100 e. The van der Waals surface area contributed by atoms with Gasteiger partial charge in [0.1, 0.15) is 12.7 Å². The molecule has 0 aliphatic rings. The molecule has 5 aromatic rings. The predicted molar refractivity (Wildman–Crippen MR) is 95.7 cm³/mol. The lowest BCUT2D eigenvalue weighted by Gasteiger charge is -2.08. The molecule has 0 N–H and O–H groups in total. The van der Waals surface area contributed by atoms with E-state index in [1.807, 2.05) is 49.1 Å². The fourth-order valence-corrected chi connectivity index (χ4v) is 3.10. The number of imidazole rings is 2. The minimum absolute atomic E-state index is 1.00. The Kier molecular flexibility index (Phi) is 2.76. The lowest BCUT2D eigenvalue weighted by molar-refractivity contribution is 1.07. The van der Waals surface area contributed by atoms with Crippen LogP contribution in [0.5, 0.6) is 0 Å². The van der Waals surface area contributed by atoms with Crippen molar-refractivity contribution in [1.82, 2.24) is 19.1 Å². The zero-order valence-electron chi connectivity index (χ0n) is 12.9. The van der Waals surface area contributed by atoms with Crippen molar-refractivity contribution < 1.29 is 0 Å². The number of aromatic nitrogens is 4. The molecule has 0 radical (unpaired) electrons.